The van der Waals surface area contributed by atoms with E-state index in [0.717, 1.165) is 6.04 Å². The van der Waals surface area contributed by atoms with Crippen LogP contribution in [0.1, 0.15) is 53.9 Å². The molecule has 1 unspecified atom stereocenters. The first-order chi connectivity index (χ1) is 7.38. The average Bonchev–Trinajstić information content (AvgIpc) is 2.62. The normalized spacial score (nSPS) is 22.3. The highest BCUT2D eigenvalue weighted by Gasteiger charge is 2.21. The summed E-state index contributed by atoms with van der Waals surface area (Å²) in [4.78, 5) is 2.63. The van der Waals surface area contributed by atoms with E-state index in [-0.39, 0.29) is 0 Å². The minimum absolute atomic E-state index is 0.455. The third-order valence-electron chi connectivity index (χ3n) is 3.50. The Morgan fingerprint density at radius 3 is 2.44 bits per heavy atom. The SMILES string of the molecule is CC(C)N(CCC(C)(C)C)CC1CCCN1. The molecular formula is C14H30N2. The number of nitrogens with one attached hydrogen (secondary N) is 1. The molecule has 0 saturated carbocycles. The lowest BCUT2D eigenvalue weighted by atomic mass is 9.92. The third-order valence-corrected chi connectivity index (χ3v) is 3.50. The van der Waals surface area contributed by atoms with Crippen LogP contribution in [0.4, 0.5) is 0 Å². The van der Waals surface area contributed by atoms with E-state index in [1.807, 2.05) is 0 Å². The molecule has 0 aromatic rings. The van der Waals surface area contributed by atoms with Crippen molar-refractivity contribution in [3.8, 4) is 0 Å². The van der Waals surface area contributed by atoms with Gasteiger partial charge in [0.2, 0.25) is 0 Å². The molecule has 1 N–H and O–H groups in total. The van der Waals surface area contributed by atoms with E-state index in [2.05, 4.69) is 44.8 Å². The van der Waals surface area contributed by atoms with Crippen LogP contribution in [0.15, 0.2) is 0 Å². The van der Waals surface area contributed by atoms with E-state index in [4.69, 9.17) is 0 Å². The summed E-state index contributed by atoms with van der Waals surface area (Å²) >= 11 is 0. The van der Waals surface area contributed by atoms with Crippen molar-refractivity contribution in [2.75, 3.05) is 19.6 Å². The summed E-state index contributed by atoms with van der Waals surface area (Å²) in [6.07, 6.45) is 4.01. The Hall–Kier alpha value is -0.0800. The molecule has 0 radical (unpaired) electrons. The Labute approximate surface area is 102 Å². The zero-order chi connectivity index (χ0) is 12.2. The summed E-state index contributed by atoms with van der Waals surface area (Å²) in [5, 5.41) is 3.60. The molecule has 1 fully saturated rings. The van der Waals surface area contributed by atoms with E-state index in [0.29, 0.717) is 11.5 Å². The molecule has 1 atom stereocenters. The van der Waals surface area contributed by atoms with Gasteiger partial charge in [0.25, 0.3) is 0 Å². The van der Waals surface area contributed by atoms with E-state index in [1.54, 1.807) is 0 Å². The number of hydrogen-bond donors (Lipinski definition) is 1. The predicted molar refractivity (Wildman–Crippen MR) is 71.8 cm³/mol. The Morgan fingerprint density at radius 1 is 1.31 bits per heavy atom. The van der Waals surface area contributed by atoms with Crippen molar-refractivity contribution in [1.29, 1.82) is 0 Å². The molecule has 0 aliphatic carbocycles. The zero-order valence-corrected chi connectivity index (χ0v) is 11.8. The van der Waals surface area contributed by atoms with E-state index >= 15 is 0 Å². The zero-order valence-electron chi connectivity index (χ0n) is 11.8. The molecule has 2 nitrogen and oxygen atoms in total. The predicted octanol–water partition coefficient (Wildman–Crippen LogP) is 2.89. The quantitative estimate of drug-likeness (QED) is 0.775. The van der Waals surface area contributed by atoms with Gasteiger partial charge >= 0.3 is 0 Å². The molecule has 0 amide bonds. The van der Waals surface area contributed by atoms with Crippen LogP contribution in [-0.2, 0) is 0 Å². The smallest absolute Gasteiger partial charge is 0.0195 e. The summed E-state index contributed by atoms with van der Waals surface area (Å²) in [5.74, 6) is 0. The standard InChI is InChI=1S/C14H30N2/c1-12(2)16(10-8-14(3,4)5)11-13-7-6-9-15-13/h12-13,15H,6-11H2,1-5H3. The van der Waals surface area contributed by atoms with Gasteiger partial charge in [-0.05, 0) is 51.6 Å². The van der Waals surface area contributed by atoms with E-state index in [9.17, 15) is 0 Å². The minimum Gasteiger partial charge on any atom is -0.313 e. The fourth-order valence-corrected chi connectivity index (χ4v) is 2.23. The first-order valence-corrected chi connectivity index (χ1v) is 6.86. The van der Waals surface area contributed by atoms with Gasteiger partial charge in [0.15, 0.2) is 0 Å². The van der Waals surface area contributed by atoms with Crippen LogP contribution in [0, 0.1) is 5.41 Å². The van der Waals surface area contributed by atoms with Crippen molar-refractivity contribution >= 4 is 0 Å². The van der Waals surface area contributed by atoms with Crippen molar-refractivity contribution in [3.63, 3.8) is 0 Å². The van der Waals surface area contributed by atoms with Gasteiger partial charge in [0.05, 0.1) is 0 Å². The van der Waals surface area contributed by atoms with Gasteiger partial charge in [-0.3, -0.25) is 4.90 Å². The van der Waals surface area contributed by atoms with Crippen LogP contribution >= 0.6 is 0 Å². The van der Waals surface area contributed by atoms with Crippen molar-refractivity contribution in [2.45, 2.75) is 66.0 Å². The van der Waals surface area contributed by atoms with Gasteiger partial charge in [-0.1, -0.05) is 20.8 Å². The van der Waals surface area contributed by atoms with Gasteiger partial charge in [-0.2, -0.15) is 0 Å². The summed E-state index contributed by atoms with van der Waals surface area (Å²) in [6, 6.07) is 1.41. The molecule has 1 aliphatic rings. The highest BCUT2D eigenvalue weighted by molar-refractivity contribution is 4.80. The molecule has 1 aliphatic heterocycles. The second-order valence-corrected chi connectivity index (χ2v) is 6.69. The molecule has 0 aromatic carbocycles. The monoisotopic (exact) mass is 226 g/mol. The van der Waals surface area contributed by atoms with Crippen LogP contribution < -0.4 is 5.32 Å². The largest absolute Gasteiger partial charge is 0.313 e. The van der Waals surface area contributed by atoms with Crippen molar-refractivity contribution in [1.82, 2.24) is 10.2 Å². The molecular weight excluding hydrogens is 196 g/mol. The highest BCUT2D eigenvalue weighted by Crippen LogP contribution is 2.20. The highest BCUT2D eigenvalue weighted by atomic mass is 15.2. The molecule has 96 valence electrons. The first-order valence-electron chi connectivity index (χ1n) is 6.86. The fraction of sp³-hybridized carbons (Fsp3) is 1.00. The number of hydrogen-bond acceptors (Lipinski definition) is 2. The lowest BCUT2D eigenvalue weighted by Crippen LogP contribution is -2.42. The third kappa shape index (κ3) is 5.31. The molecule has 1 saturated heterocycles. The van der Waals surface area contributed by atoms with Crippen LogP contribution in [0.25, 0.3) is 0 Å². The Balaban J connectivity index is 2.35. The molecule has 1 heterocycles. The second-order valence-electron chi connectivity index (χ2n) is 6.69. The van der Waals surface area contributed by atoms with Gasteiger partial charge in [0.1, 0.15) is 0 Å². The van der Waals surface area contributed by atoms with Gasteiger partial charge in [0, 0.05) is 18.6 Å². The molecule has 0 bridgehead atoms. The summed E-state index contributed by atoms with van der Waals surface area (Å²) < 4.78 is 0. The molecule has 2 heteroatoms. The van der Waals surface area contributed by atoms with E-state index < -0.39 is 0 Å². The Morgan fingerprint density at radius 2 is 2.00 bits per heavy atom. The Bertz CT molecular complexity index is 187. The summed E-state index contributed by atoms with van der Waals surface area (Å²) in [5.41, 5.74) is 0.455. The second kappa shape index (κ2) is 6.02. The van der Waals surface area contributed by atoms with Gasteiger partial charge in [-0.15, -0.1) is 0 Å². The van der Waals surface area contributed by atoms with E-state index in [1.165, 1.54) is 38.9 Å². The summed E-state index contributed by atoms with van der Waals surface area (Å²) in [7, 11) is 0. The maximum absolute atomic E-state index is 3.60. The van der Waals surface area contributed by atoms with Crippen molar-refractivity contribution in [2.24, 2.45) is 5.41 Å². The van der Waals surface area contributed by atoms with Crippen LogP contribution in [-0.4, -0.2) is 36.6 Å². The summed E-state index contributed by atoms with van der Waals surface area (Å²) in [6.45, 7) is 15.3. The topological polar surface area (TPSA) is 15.3 Å². The van der Waals surface area contributed by atoms with Crippen LogP contribution in [0.5, 0.6) is 0 Å². The Kier molecular flexibility index (Phi) is 5.26. The minimum atomic E-state index is 0.455. The lowest BCUT2D eigenvalue weighted by molar-refractivity contribution is 0.175. The molecule has 16 heavy (non-hydrogen) atoms. The molecule has 1 rings (SSSR count). The van der Waals surface area contributed by atoms with Crippen LogP contribution in [0.2, 0.25) is 0 Å². The maximum atomic E-state index is 3.60. The average molecular weight is 226 g/mol. The van der Waals surface area contributed by atoms with Gasteiger partial charge < -0.3 is 5.32 Å². The number of nitrogens with zero attached hydrogens (tertiary/aromatic N) is 1. The molecule has 0 spiro atoms. The lowest BCUT2D eigenvalue weighted by Gasteiger charge is -2.32. The molecule has 0 aromatic heterocycles. The maximum Gasteiger partial charge on any atom is 0.0195 e. The van der Waals surface area contributed by atoms with Gasteiger partial charge in [-0.25, -0.2) is 0 Å². The number of rotatable bonds is 5. The van der Waals surface area contributed by atoms with Crippen molar-refractivity contribution in [3.05, 3.63) is 0 Å². The first kappa shape index (κ1) is 14.0. The van der Waals surface area contributed by atoms with Crippen LogP contribution in [0.3, 0.4) is 0 Å². The fourth-order valence-electron chi connectivity index (χ4n) is 2.23. The van der Waals surface area contributed by atoms with Crippen molar-refractivity contribution < 1.29 is 0 Å².